The SMILES string of the molecule is Cc1ccc(NC(=O)Cn2c(=O)n(CCC(=O)NCc3cccs3)c(=O)c3sccc32)cc1. The summed E-state index contributed by atoms with van der Waals surface area (Å²) in [6.07, 6.45) is -0.0209. The van der Waals surface area contributed by atoms with Gasteiger partial charge in [0.1, 0.15) is 11.2 Å². The first-order valence-corrected chi connectivity index (χ1v) is 12.0. The summed E-state index contributed by atoms with van der Waals surface area (Å²) in [5.74, 6) is -0.642. The van der Waals surface area contributed by atoms with E-state index >= 15 is 0 Å². The molecule has 1 aromatic carbocycles. The number of fused-ring (bicyclic) bond motifs is 1. The first kappa shape index (κ1) is 22.7. The molecule has 4 rings (SSSR count). The maximum atomic E-state index is 13.1. The van der Waals surface area contributed by atoms with Crippen LogP contribution >= 0.6 is 22.7 Å². The molecule has 170 valence electrons. The molecule has 8 nitrogen and oxygen atoms in total. The molecule has 3 aromatic heterocycles. The van der Waals surface area contributed by atoms with E-state index in [4.69, 9.17) is 0 Å². The van der Waals surface area contributed by atoms with Gasteiger partial charge in [0.05, 0.1) is 12.1 Å². The number of nitrogens with zero attached hydrogens (tertiary/aromatic N) is 2. The van der Waals surface area contributed by atoms with E-state index < -0.39 is 11.2 Å². The first-order valence-electron chi connectivity index (χ1n) is 10.3. The fraction of sp³-hybridized carbons (Fsp3) is 0.217. The lowest BCUT2D eigenvalue weighted by atomic mass is 10.2. The second kappa shape index (κ2) is 9.97. The fourth-order valence-electron chi connectivity index (χ4n) is 3.36. The van der Waals surface area contributed by atoms with E-state index in [1.54, 1.807) is 23.6 Å². The summed E-state index contributed by atoms with van der Waals surface area (Å²) in [6.45, 7) is 2.04. The third-order valence-electron chi connectivity index (χ3n) is 5.08. The van der Waals surface area contributed by atoms with Crippen LogP contribution in [-0.4, -0.2) is 20.9 Å². The lowest BCUT2D eigenvalue weighted by Crippen LogP contribution is -2.42. The number of nitrogens with one attached hydrogen (secondary N) is 2. The number of amides is 2. The second-order valence-corrected chi connectivity index (χ2v) is 9.43. The van der Waals surface area contributed by atoms with E-state index in [1.807, 2.05) is 36.6 Å². The zero-order valence-electron chi connectivity index (χ0n) is 17.9. The van der Waals surface area contributed by atoms with Crippen LogP contribution in [0.1, 0.15) is 16.9 Å². The van der Waals surface area contributed by atoms with Gasteiger partial charge in [-0.15, -0.1) is 22.7 Å². The van der Waals surface area contributed by atoms with Gasteiger partial charge in [0.2, 0.25) is 11.8 Å². The minimum Gasteiger partial charge on any atom is -0.351 e. The molecule has 0 fully saturated rings. The van der Waals surface area contributed by atoms with Gasteiger partial charge >= 0.3 is 5.69 Å². The van der Waals surface area contributed by atoms with Gasteiger partial charge < -0.3 is 10.6 Å². The first-order chi connectivity index (χ1) is 15.9. The van der Waals surface area contributed by atoms with E-state index in [-0.39, 0.29) is 31.3 Å². The predicted octanol–water partition coefficient (Wildman–Crippen LogP) is 2.94. The van der Waals surface area contributed by atoms with Crippen molar-refractivity contribution in [3.8, 4) is 0 Å². The number of hydrogen-bond donors (Lipinski definition) is 2. The van der Waals surface area contributed by atoms with Crippen molar-refractivity contribution in [2.24, 2.45) is 0 Å². The molecular weight excluding hydrogens is 460 g/mol. The van der Waals surface area contributed by atoms with Gasteiger partial charge in [-0.25, -0.2) is 4.79 Å². The van der Waals surface area contributed by atoms with Gasteiger partial charge in [-0.05, 0) is 41.9 Å². The van der Waals surface area contributed by atoms with Crippen LogP contribution in [0.4, 0.5) is 5.69 Å². The number of hydrogen-bond acceptors (Lipinski definition) is 6. The van der Waals surface area contributed by atoms with Crippen LogP contribution in [0.3, 0.4) is 0 Å². The summed E-state index contributed by atoms with van der Waals surface area (Å²) in [4.78, 5) is 51.9. The molecule has 0 bridgehead atoms. The van der Waals surface area contributed by atoms with Gasteiger partial charge in [0.25, 0.3) is 5.56 Å². The largest absolute Gasteiger partial charge is 0.351 e. The Morgan fingerprint density at radius 3 is 2.45 bits per heavy atom. The smallest absolute Gasteiger partial charge is 0.332 e. The number of benzene rings is 1. The van der Waals surface area contributed by atoms with Crippen molar-refractivity contribution in [3.05, 3.63) is 84.5 Å². The van der Waals surface area contributed by atoms with Crippen molar-refractivity contribution >= 4 is 50.4 Å². The van der Waals surface area contributed by atoms with Crippen LogP contribution in [0.5, 0.6) is 0 Å². The summed E-state index contributed by atoms with van der Waals surface area (Å²) in [6, 6.07) is 12.8. The fourth-order valence-corrected chi connectivity index (χ4v) is 4.85. The Bertz CT molecular complexity index is 1400. The molecule has 0 radical (unpaired) electrons. The average molecular weight is 483 g/mol. The Labute approximate surface area is 197 Å². The highest BCUT2D eigenvalue weighted by Gasteiger charge is 2.17. The Morgan fingerprint density at radius 2 is 1.73 bits per heavy atom. The summed E-state index contributed by atoms with van der Waals surface area (Å²) in [7, 11) is 0. The lowest BCUT2D eigenvalue weighted by molar-refractivity contribution is -0.121. The third-order valence-corrected chi connectivity index (χ3v) is 6.84. The quantitative estimate of drug-likeness (QED) is 0.403. The molecule has 0 aliphatic heterocycles. The zero-order valence-corrected chi connectivity index (χ0v) is 19.5. The van der Waals surface area contributed by atoms with Crippen molar-refractivity contribution in [2.45, 2.75) is 33.0 Å². The molecule has 33 heavy (non-hydrogen) atoms. The Kier molecular flexibility index (Phi) is 6.85. The molecule has 3 heterocycles. The summed E-state index contributed by atoms with van der Waals surface area (Å²) in [5, 5.41) is 9.19. The van der Waals surface area contributed by atoms with Crippen molar-refractivity contribution in [1.82, 2.24) is 14.5 Å². The number of anilines is 1. The van der Waals surface area contributed by atoms with Crippen molar-refractivity contribution < 1.29 is 9.59 Å². The van der Waals surface area contributed by atoms with Crippen LogP contribution in [0.15, 0.2) is 62.8 Å². The van der Waals surface area contributed by atoms with E-state index in [2.05, 4.69) is 10.6 Å². The molecule has 10 heteroatoms. The van der Waals surface area contributed by atoms with Gasteiger partial charge in [-0.1, -0.05) is 23.8 Å². The van der Waals surface area contributed by atoms with Crippen LogP contribution in [0, 0.1) is 6.92 Å². The number of aromatic nitrogens is 2. The summed E-state index contributed by atoms with van der Waals surface area (Å²) < 4.78 is 2.68. The normalized spacial score (nSPS) is 10.9. The minimum absolute atomic E-state index is 0.0209. The van der Waals surface area contributed by atoms with Gasteiger partial charge in [0.15, 0.2) is 0 Å². The Morgan fingerprint density at radius 1 is 0.939 bits per heavy atom. The number of carbonyl (C=O) groups is 2. The minimum atomic E-state index is -0.615. The summed E-state index contributed by atoms with van der Waals surface area (Å²) >= 11 is 2.74. The lowest BCUT2D eigenvalue weighted by Gasteiger charge is -2.12. The molecule has 4 aromatic rings. The third kappa shape index (κ3) is 5.29. The molecule has 0 aliphatic rings. The van der Waals surface area contributed by atoms with Crippen LogP contribution in [0.25, 0.3) is 10.2 Å². The van der Waals surface area contributed by atoms with Gasteiger partial charge in [-0.2, -0.15) is 0 Å². The van der Waals surface area contributed by atoms with Crippen molar-refractivity contribution in [1.29, 1.82) is 0 Å². The molecule has 0 atom stereocenters. The monoisotopic (exact) mass is 482 g/mol. The van der Waals surface area contributed by atoms with Crippen LogP contribution in [0.2, 0.25) is 0 Å². The highest BCUT2D eigenvalue weighted by atomic mass is 32.1. The second-order valence-electron chi connectivity index (χ2n) is 7.48. The number of rotatable bonds is 8. The molecule has 0 unspecified atom stereocenters. The van der Waals surface area contributed by atoms with Crippen molar-refractivity contribution in [3.63, 3.8) is 0 Å². The molecule has 0 spiro atoms. The maximum Gasteiger partial charge on any atom is 0.332 e. The topological polar surface area (TPSA) is 102 Å². The Balaban J connectivity index is 1.52. The van der Waals surface area contributed by atoms with Gasteiger partial charge in [0, 0.05) is 23.5 Å². The van der Waals surface area contributed by atoms with Crippen molar-refractivity contribution in [2.75, 3.05) is 5.32 Å². The van der Waals surface area contributed by atoms with Gasteiger partial charge in [-0.3, -0.25) is 23.5 Å². The molecule has 2 N–H and O–H groups in total. The van der Waals surface area contributed by atoms with E-state index in [0.717, 1.165) is 15.0 Å². The Hall–Kier alpha value is -3.50. The highest BCUT2D eigenvalue weighted by molar-refractivity contribution is 7.17. The molecule has 0 aliphatic carbocycles. The van der Waals surface area contributed by atoms with Crippen LogP contribution in [-0.2, 0) is 29.2 Å². The number of carbonyl (C=O) groups excluding carboxylic acids is 2. The molecular formula is C23H22N4O4S2. The standard InChI is InChI=1S/C23H22N4O4S2/c1-15-4-6-16(7-5-15)25-20(29)14-27-18-9-12-33-21(18)22(30)26(23(27)31)10-8-19(28)24-13-17-3-2-11-32-17/h2-7,9,11-12H,8,10,13-14H2,1H3,(H,24,28)(H,25,29). The number of aryl methyl sites for hydroxylation is 1. The summed E-state index contributed by atoms with van der Waals surface area (Å²) in [5.41, 5.74) is 1.03. The molecule has 0 saturated heterocycles. The molecule has 0 saturated carbocycles. The highest BCUT2D eigenvalue weighted by Crippen LogP contribution is 2.16. The average Bonchev–Trinajstić information content (AvgIpc) is 3.49. The predicted molar refractivity (Wildman–Crippen MR) is 131 cm³/mol. The van der Waals surface area contributed by atoms with E-state index in [0.29, 0.717) is 22.4 Å². The maximum absolute atomic E-state index is 13.1. The van der Waals surface area contributed by atoms with E-state index in [9.17, 15) is 19.2 Å². The van der Waals surface area contributed by atoms with Crippen LogP contribution < -0.4 is 21.9 Å². The van der Waals surface area contributed by atoms with E-state index in [1.165, 1.54) is 27.2 Å². The number of thiophene rings is 2. The zero-order chi connectivity index (χ0) is 23.4. The molecule has 2 amide bonds.